The Kier molecular flexibility index (Phi) is 2.70. The van der Waals surface area contributed by atoms with Crippen molar-refractivity contribution < 1.29 is 22.6 Å². The maximum atomic E-state index is 11.9. The van der Waals surface area contributed by atoms with Crippen LogP contribution in [0.2, 0.25) is 0 Å². The number of nitrogens with one attached hydrogen (secondary N) is 1. The second-order valence-corrected chi connectivity index (χ2v) is 3.27. The first-order chi connectivity index (χ1) is 7.97. The summed E-state index contributed by atoms with van der Waals surface area (Å²) >= 11 is 0. The van der Waals surface area contributed by atoms with Crippen molar-refractivity contribution in [3.05, 3.63) is 23.8 Å². The van der Waals surface area contributed by atoms with Crippen molar-refractivity contribution in [2.45, 2.75) is 12.7 Å². The fourth-order valence-electron chi connectivity index (χ4n) is 1.22. The lowest BCUT2D eigenvalue weighted by molar-refractivity contribution is -0.173. The van der Waals surface area contributed by atoms with Gasteiger partial charge in [0.25, 0.3) is 0 Å². The molecule has 0 radical (unpaired) electrons. The second-order valence-electron chi connectivity index (χ2n) is 3.27. The molecule has 17 heavy (non-hydrogen) atoms. The number of halogens is 3. The maximum Gasteiger partial charge on any atom is 0.471 e. The molecule has 8 heteroatoms. The summed E-state index contributed by atoms with van der Waals surface area (Å²) in [6, 6.07) is 4.56. The van der Waals surface area contributed by atoms with E-state index in [0.717, 1.165) is 0 Å². The van der Waals surface area contributed by atoms with Crippen molar-refractivity contribution in [3.8, 4) is 0 Å². The van der Waals surface area contributed by atoms with Gasteiger partial charge in [-0.15, -0.1) is 0 Å². The minimum absolute atomic E-state index is 0.235. The standard InChI is InChI=1S/C9H6F3N3O2/c10-9(11,12)8(16)13-4-5-1-2-6-7(3-5)15-17-14-6/h1-3H,4H2,(H,13,16). The lowest BCUT2D eigenvalue weighted by atomic mass is 10.2. The zero-order valence-corrected chi connectivity index (χ0v) is 8.28. The third kappa shape index (κ3) is 2.52. The van der Waals surface area contributed by atoms with Crippen LogP contribution >= 0.6 is 0 Å². The molecular formula is C9H6F3N3O2. The van der Waals surface area contributed by atoms with Crippen LogP contribution in [0.1, 0.15) is 5.56 Å². The predicted molar refractivity (Wildman–Crippen MR) is 49.7 cm³/mol. The smallest absolute Gasteiger partial charge is 0.344 e. The molecule has 0 atom stereocenters. The van der Waals surface area contributed by atoms with Gasteiger partial charge in [-0.2, -0.15) is 13.2 Å². The number of nitrogens with zero attached hydrogens (tertiary/aromatic N) is 2. The number of alkyl halides is 3. The molecule has 1 aromatic carbocycles. The normalized spacial score (nSPS) is 11.7. The average molecular weight is 245 g/mol. The van der Waals surface area contributed by atoms with Crippen molar-refractivity contribution in [2.24, 2.45) is 0 Å². The quantitative estimate of drug-likeness (QED) is 0.868. The van der Waals surface area contributed by atoms with Crippen LogP contribution < -0.4 is 5.32 Å². The Morgan fingerprint density at radius 2 is 2.00 bits per heavy atom. The van der Waals surface area contributed by atoms with Crippen molar-refractivity contribution in [1.82, 2.24) is 15.6 Å². The summed E-state index contributed by atoms with van der Waals surface area (Å²) in [7, 11) is 0. The number of aromatic nitrogens is 2. The van der Waals surface area contributed by atoms with Crippen LogP contribution in [0.3, 0.4) is 0 Å². The Morgan fingerprint density at radius 3 is 2.71 bits per heavy atom. The van der Waals surface area contributed by atoms with Gasteiger partial charge in [-0.05, 0) is 28.0 Å². The van der Waals surface area contributed by atoms with Crippen LogP contribution in [-0.2, 0) is 11.3 Å². The summed E-state index contributed by atoms with van der Waals surface area (Å²) in [5.74, 6) is -1.98. The molecule has 90 valence electrons. The van der Waals surface area contributed by atoms with Crippen LogP contribution in [0, 0.1) is 0 Å². The van der Waals surface area contributed by atoms with Crippen molar-refractivity contribution in [3.63, 3.8) is 0 Å². The molecular weight excluding hydrogens is 239 g/mol. The van der Waals surface area contributed by atoms with Gasteiger partial charge >= 0.3 is 12.1 Å². The van der Waals surface area contributed by atoms with Gasteiger partial charge in [0.2, 0.25) is 0 Å². The number of hydrogen-bond donors (Lipinski definition) is 1. The van der Waals surface area contributed by atoms with E-state index in [1.807, 2.05) is 0 Å². The number of amides is 1. The van der Waals surface area contributed by atoms with Crippen LogP contribution in [0.4, 0.5) is 13.2 Å². The first-order valence-corrected chi connectivity index (χ1v) is 4.53. The van der Waals surface area contributed by atoms with Crippen molar-refractivity contribution in [1.29, 1.82) is 0 Å². The highest BCUT2D eigenvalue weighted by Crippen LogP contribution is 2.15. The molecule has 0 saturated heterocycles. The highest BCUT2D eigenvalue weighted by Gasteiger charge is 2.38. The first-order valence-electron chi connectivity index (χ1n) is 4.53. The summed E-state index contributed by atoms with van der Waals surface area (Å²) in [6.07, 6.45) is -4.88. The van der Waals surface area contributed by atoms with E-state index in [2.05, 4.69) is 14.9 Å². The van der Waals surface area contributed by atoms with E-state index in [1.165, 1.54) is 12.1 Å². The first kappa shape index (κ1) is 11.4. The molecule has 1 N–H and O–H groups in total. The fourth-order valence-corrected chi connectivity index (χ4v) is 1.22. The zero-order valence-electron chi connectivity index (χ0n) is 8.28. The van der Waals surface area contributed by atoms with Crippen LogP contribution in [0.15, 0.2) is 22.8 Å². The molecule has 0 aliphatic carbocycles. The number of carbonyl (C=O) groups excluding carboxylic acids is 1. The van der Waals surface area contributed by atoms with Crippen molar-refractivity contribution >= 4 is 16.9 Å². The number of carbonyl (C=O) groups is 1. The van der Waals surface area contributed by atoms with Gasteiger partial charge in [0.15, 0.2) is 0 Å². The molecule has 0 aliphatic heterocycles. The van der Waals surface area contributed by atoms with Gasteiger partial charge in [0.05, 0.1) is 0 Å². The Bertz CT molecular complexity index is 550. The topological polar surface area (TPSA) is 68.0 Å². The summed E-state index contributed by atoms with van der Waals surface area (Å²) in [5, 5.41) is 8.83. The Hall–Kier alpha value is -2.12. The number of fused-ring (bicyclic) bond motifs is 1. The van der Waals surface area contributed by atoms with Gasteiger partial charge in [-0.25, -0.2) is 4.63 Å². The number of hydrogen-bond acceptors (Lipinski definition) is 4. The van der Waals surface area contributed by atoms with Gasteiger partial charge in [0, 0.05) is 6.54 Å². The largest absolute Gasteiger partial charge is 0.471 e. The summed E-state index contributed by atoms with van der Waals surface area (Å²) in [6.45, 7) is -0.235. The minimum Gasteiger partial charge on any atom is -0.344 e. The predicted octanol–water partition coefficient (Wildman–Crippen LogP) is 1.40. The molecule has 0 unspecified atom stereocenters. The van der Waals surface area contributed by atoms with E-state index in [4.69, 9.17) is 0 Å². The third-order valence-corrected chi connectivity index (χ3v) is 2.03. The molecule has 0 fully saturated rings. The number of benzene rings is 1. The summed E-state index contributed by atoms with van der Waals surface area (Å²) in [4.78, 5) is 10.6. The van der Waals surface area contributed by atoms with Gasteiger partial charge in [-0.1, -0.05) is 6.07 Å². The molecule has 0 spiro atoms. The SMILES string of the molecule is O=C(NCc1ccc2nonc2c1)C(F)(F)F. The lowest BCUT2D eigenvalue weighted by Gasteiger charge is -2.07. The van der Waals surface area contributed by atoms with E-state index in [0.29, 0.717) is 16.6 Å². The third-order valence-electron chi connectivity index (χ3n) is 2.03. The molecule has 2 rings (SSSR count). The molecule has 1 amide bonds. The zero-order chi connectivity index (χ0) is 12.5. The summed E-state index contributed by atoms with van der Waals surface area (Å²) < 4.78 is 40.2. The minimum atomic E-state index is -4.88. The monoisotopic (exact) mass is 245 g/mol. The average Bonchev–Trinajstić information content (AvgIpc) is 2.71. The van der Waals surface area contributed by atoms with E-state index in [-0.39, 0.29) is 6.54 Å². The van der Waals surface area contributed by atoms with E-state index < -0.39 is 12.1 Å². The van der Waals surface area contributed by atoms with E-state index >= 15 is 0 Å². The molecule has 1 heterocycles. The molecule has 1 aromatic heterocycles. The van der Waals surface area contributed by atoms with Gasteiger partial charge in [-0.3, -0.25) is 4.79 Å². The molecule has 2 aromatic rings. The van der Waals surface area contributed by atoms with Gasteiger partial charge in [0.1, 0.15) is 11.0 Å². The van der Waals surface area contributed by atoms with Crippen molar-refractivity contribution in [2.75, 3.05) is 0 Å². The molecule has 5 nitrogen and oxygen atoms in total. The van der Waals surface area contributed by atoms with Crippen LogP contribution in [-0.4, -0.2) is 22.4 Å². The summed E-state index contributed by atoms with van der Waals surface area (Å²) in [5.41, 5.74) is 1.39. The molecule has 0 aliphatic rings. The maximum absolute atomic E-state index is 11.9. The van der Waals surface area contributed by atoms with E-state index in [9.17, 15) is 18.0 Å². The van der Waals surface area contributed by atoms with Crippen LogP contribution in [0.25, 0.3) is 11.0 Å². The highest BCUT2D eigenvalue weighted by molar-refractivity contribution is 5.81. The van der Waals surface area contributed by atoms with E-state index in [1.54, 1.807) is 11.4 Å². The Labute approximate surface area is 92.6 Å². The Morgan fingerprint density at radius 1 is 1.29 bits per heavy atom. The fraction of sp³-hybridized carbons (Fsp3) is 0.222. The lowest BCUT2D eigenvalue weighted by Crippen LogP contribution is -2.36. The second kappa shape index (κ2) is 4.04. The van der Waals surface area contributed by atoms with Crippen LogP contribution in [0.5, 0.6) is 0 Å². The Balaban J connectivity index is 2.06. The number of rotatable bonds is 2. The van der Waals surface area contributed by atoms with Gasteiger partial charge < -0.3 is 5.32 Å². The highest BCUT2D eigenvalue weighted by atomic mass is 19.4. The molecule has 0 saturated carbocycles. The molecule has 0 bridgehead atoms.